The van der Waals surface area contributed by atoms with Crippen LogP contribution in [0.4, 0.5) is 5.69 Å². The van der Waals surface area contributed by atoms with Crippen LogP contribution in [0.2, 0.25) is 5.02 Å². The molecule has 1 amide bonds. The first-order chi connectivity index (χ1) is 17.4. The van der Waals surface area contributed by atoms with Crippen molar-refractivity contribution in [1.29, 1.82) is 0 Å². The van der Waals surface area contributed by atoms with Crippen molar-refractivity contribution in [3.8, 4) is 17.2 Å². The first-order valence-corrected chi connectivity index (χ1v) is 12.4. The minimum atomic E-state index is -0.203. The van der Waals surface area contributed by atoms with Gasteiger partial charge in [0.05, 0.1) is 18.9 Å². The van der Waals surface area contributed by atoms with E-state index in [1.165, 1.54) is 4.90 Å². The van der Waals surface area contributed by atoms with Crippen LogP contribution in [0.25, 0.3) is 6.08 Å². The normalized spacial score (nSPS) is 14.5. The van der Waals surface area contributed by atoms with Crippen molar-refractivity contribution in [3.63, 3.8) is 0 Å². The van der Waals surface area contributed by atoms with Crippen molar-refractivity contribution < 1.29 is 19.0 Å². The van der Waals surface area contributed by atoms with Crippen molar-refractivity contribution in [1.82, 2.24) is 4.90 Å². The summed E-state index contributed by atoms with van der Waals surface area (Å²) in [6.07, 6.45) is 1.80. The molecule has 1 saturated heterocycles. The summed E-state index contributed by atoms with van der Waals surface area (Å²) in [5, 5.41) is 1.06. The Balaban J connectivity index is 1.56. The number of nitrogens with zero attached hydrogens (tertiary/aromatic N) is 2. The predicted octanol–water partition coefficient (Wildman–Crippen LogP) is 6.32. The molecule has 6 nitrogen and oxygen atoms in total. The largest absolute Gasteiger partial charge is 0.494 e. The Morgan fingerprint density at radius 3 is 2.36 bits per heavy atom. The van der Waals surface area contributed by atoms with Crippen molar-refractivity contribution in [2.75, 3.05) is 25.2 Å². The summed E-state index contributed by atoms with van der Waals surface area (Å²) in [4.78, 5) is 16.6. The fraction of sp³-hybridized carbons (Fsp3) is 0.214. The van der Waals surface area contributed by atoms with Gasteiger partial charge in [-0.05, 0) is 91.8 Å². The lowest BCUT2D eigenvalue weighted by molar-refractivity contribution is -0.114. The van der Waals surface area contributed by atoms with Crippen LogP contribution in [0.3, 0.4) is 0 Å². The van der Waals surface area contributed by atoms with Gasteiger partial charge in [0, 0.05) is 12.1 Å². The van der Waals surface area contributed by atoms with Crippen molar-refractivity contribution >= 4 is 46.6 Å². The lowest BCUT2D eigenvalue weighted by Gasteiger charge is -2.16. The average Bonchev–Trinajstić information content (AvgIpc) is 3.07. The minimum Gasteiger partial charge on any atom is -0.494 e. The molecule has 3 aromatic rings. The average molecular weight is 523 g/mol. The third-order valence-electron chi connectivity index (χ3n) is 5.52. The van der Waals surface area contributed by atoms with Crippen molar-refractivity contribution in [2.45, 2.75) is 20.5 Å². The number of anilines is 1. The molecule has 186 valence electrons. The van der Waals surface area contributed by atoms with Gasteiger partial charge in [-0.3, -0.25) is 9.69 Å². The number of carbonyl (C=O) groups is 1. The molecule has 1 aliphatic rings. The van der Waals surface area contributed by atoms with Crippen LogP contribution in [0.5, 0.6) is 17.2 Å². The van der Waals surface area contributed by atoms with Gasteiger partial charge in [-0.25, -0.2) is 0 Å². The molecule has 0 bridgehead atoms. The highest BCUT2D eigenvalue weighted by atomic mass is 35.5. The standard InChI is InChI=1S/C28H27ClN2O4S/c1-4-33-23-12-10-22(11-13-23)31-27(32)24(30(3)28(31)36)16-19-9-14-25(26(17-19)34-5-2)35-18-20-7-6-8-21(29)15-20/h6-17H,4-5,18H2,1-3H3/b24-16-. The summed E-state index contributed by atoms with van der Waals surface area (Å²) in [5.74, 6) is 1.74. The van der Waals surface area contributed by atoms with Crippen LogP contribution in [-0.2, 0) is 11.4 Å². The molecule has 3 aromatic carbocycles. The number of ether oxygens (including phenoxy) is 3. The number of likely N-dealkylation sites (N-methyl/N-ethyl adjacent to an activating group) is 1. The van der Waals surface area contributed by atoms with E-state index in [4.69, 9.17) is 38.0 Å². The summed E-state index contributed by atoms with van der Waals surface area (Å²) in [6, 6.07) is 20.4. The highest BCUT2D eigenvalue weighted by Crippen LogP contribution is 2.33. The zero-order chi connectivity index (χ0) is 25.7. The Bertz CT molecular complexity index is 1290. The van der Waals surface area contributed by atoms with Gasteiger partial charge in [-0.15, -0.1) is 0 Å². The van der Waals surface area contributed by atoms with Gasteiger partial charge in [0.15, 0.2) is 16.6 Å². The number of rotatable bonds is 9. The number of halogens is 1. The number of amides is 1. The van der Waals surface area contributed by atoms with Gasteiger partial charge in [-0.1, -0.05) is 29.8 Å². The molecule has 0 saturated carbocycles. The highest BCUT2D eigenvalue weighted by Gasteiger charge is 2.36. The third-order valence-corrected chi connectivity index (χ3v) is 6.21. The van der Waals surface area contributed by atoms with Crippen LogP contribution < -0.4 is 19.1 Å². The Labute approximate surface area is 221 Å². The van der Waals surface area contributed by atoms with Crippen LogP contribution in [0.15, 0.2) is 72.4 Å². The van der Waals surface area contributed by atoms with Gasteiger partial charge in [0.25, 0.3) is 5.91 Å². The summed E-state index contributed by atoms with van der Waals surface area (Å²) in [5.41, 5.74) is 2.89. The number of hydrogen-bond donors (Lipinski definition) is 0. The van der Waals surface area contributed by atoms with E-state index in [0.717, 1.165) is 16.9 Å². The van der Waals surface area contributed by atoms with Crippen LogP contribution >= 0.6 is 23.8 Å². The number of carbonyl (C=O) groups excluding carboxylic acids is 1. The molecule has 36 heavy (non-hydrogen) atoms. The van der Waals surface area contributed by atoms with Crippen molar-refractivity contribution in [3.05, 3.63) is 88.6 Å². The molecule has 1 aliphatic heterocycles. The molecule has 1 heterocycles. The molecule has 0 spiro atoms. The van der Waals surface area contributed by atoms with E-state index in [2.05, 4.69) is 0 Å². The Morgan fingerprint density at radius 1 is 0.917 bits per heavy atom. The fourth-order valence-corrected chi connectivity index (χ4v) is 4.29. The second-order valence-corrected chi connectivity index (χ2v) is 8.80. The van der Waals surface area contributed by atoms with Gasteiger partial charge in [0.2, 0.25) is 0 Å². The van der Waals surface area contributed by atoms with Gasteiger partial charge in [0.1, 0.15) is 18.1 Å². The van der Waals surface area contributed by atoms with Crippen LogP contribution in [0.1, 0.15) is 25.0 Å². The number of hydrogen-bond acceptors (Lipinski definition) is 5. The molecule has 4 rings (SSSR count). The summed E-state index contributed by atoms with van der Waals surface area (Å²) in [7, 11) is 1.78. The summed E-state index contributed by atoms with van der Waals surface area (Å²) < 4.78 is 17.3. The SMILES string of the molecule is CCOc1ccc(N2C(=O)/C(=C/c3ccc(OCc4cccc(Cl)c4)c(OCC)c3)N(C)C2=S)cc1. The van der Waals surface area contributed by atoms with E-state index >= 15 is 0 Å². The van der Waals surface area contributed by atoms with E-state index in [-0.39, 0.29) is 5.91 Å². The topological polar surface area (TPSA) is 51.2 Å². The first-order valence-electron chi connectivity index (χ1n) is 11.6. The van der Waals surface area contributed by atoms with E-state index in [9.17, 15) is 4.79 Å². The smallest absolute Gasteiger partial charge is 0.281 e. The monoisotopic (exact) mass is 522 g/mol. The predicted molar refractivity (Wildman–Crippen MR) is 147 cm³/mol. The second kappa shape index (κ2) is 11.5. The fourth-order valence-electron chi connectivity index (χ4n) is 3.79. The maximum atomic E-state index is 13.3. The minimum absolute atomic E-state index is 0.203. The van der Waals surface area contributed by atoms with E-state index in [1.54, 1.807) is 18.0 Å². The molecule has 0 atom stereocenters. The van der Waals surface area contributed by atoms with Gasteiger partial charge in [-0.2, -0.15) is 0 Å². The highest BCUT2D eigenvalue weighted by molar-refractivity contribution is 7.80. The number of thiocarbonyl (C=S) groups is 1. The molecule has 0 aromatic heterocycles. The summed E-state index contributed by atoms with van der Waals surface area (Å²) in [6.45, 7) is 5.24. The third kappa shape index (κ3) is 5.64. The Kier molecular flexibility index (Phi) is 8.13. The van der Waals surface area contributed by atoms with Gasteiger partial charge < -0.3 is 19.1 Å². The van der Waals surface area contributed by atoms with Crippen LogP contribution in [-0.4, -0.2) is 36.2 Å². The molecule has 8 heteroatoms. The summed E-state index contributed by atoms with van der Waals surface area (Å²) >= 11 is 11.7. The maximum absolute atomic E-state index is 13.3. The maximum Gasteiger partial charge on any atom is 0.281 e. The van der Waals surface area contributed by atoms with E-state index < -0.39 is 0 Å². The zero-order valence-corrected chi connectivity index (χ0v) is 21.9. The first kappa shape index (κ1) is 25.5. The molecule has 0 N–H and O–H groups in total. The Morgan fingerprint density at radius 2 is 1.67 bits per heavy atom. The number of benzene rings is 3. The molecule has 0 unspecified atom stereocenters. The quantitative estimate of drug-likeness (QED) is 0.242. The zero-order valence-electron chi connectivity index (χ0n) is 20.4. The van der Waals surface area contributed by atoms with E-state index in [0.29, 0.717) is 52.8 Å². The molecular weight excluding hydrogens is 496 g/mol. The van der Waals surface area contributed by atoms with Crippen LogP contribution in [0, 0.1) is 0 Å². The lowest BCUT2D eigenvalue weighted by Crippen LogP contribution is -2.31. The Hall–Kier alpha value is -3.55. The molecular formula is C28H27ClN2O4S. The van der Waals surface area contributed by atoms with E-state index in [1.807, 2.05) is 80.6 Å². The molecule has 0 radical (unpaired) electrons. The lowest BCUT2D eigenvalue weighted by atomic mass is 10.1. The van der Waals surface area contributed by atoms with Crippen molar-refractivity contribution in [2.24, 2.45) is 0 Å². The molecule has 0 aliphatic carbocycles. The molecule has 1 fully saturated rings. The second-order valence-electron chi connectivity index (χ2n) is 8.00. The van der Waals surface area contributed by atoms with Gasteiger partial charge >= 0.3 is 0 Å².